The maximum absolute atomic E-state index is 13.6. The Morgan fingerprint density at radius 2 is 1.54 bits per heavy atom. The molecule has 9 nitrogen and oxygen atoms in total. The summed E-state index contributed by atoms with van der Waals surface area (Å²) >= 11 is 0. The first-order valence-corrected chi connectivity index (χ1v) is 13.3. The van der Waals surface area contributed by atoms with Gasteiger partial charge in [-0.3, -0.25) is 9.69 Å². The molecule has 3 heterocycles. The predicted octanol–water partition coefficient (Wildman–Crippen LogP) is 3.12. The number of hydrogen-bond donors (Lipinski definition) is 0. The van der Waals surface area contributed by atoms with Crippen molar-refractivity contribution in [3.8, 4) is 12.1 Å². The summed E-state index contributed by atoms with van der Waals surface area (Å²) in [5.74, 6) is 0.628. The molecule has 2 aliphatic rings. The van der Waals surface area contributed by atoms with Crippen molar-refractivity contribution in [2.75, 3.05) is 62.2 Å². The number of carbonyl (C=O) groups is 1. The maximum Gasteiger partial charge on any atom is 0.254 e. The van der Waals surface area contributed by atoms with Crippen LogP contribution in [0.25, 0.3) is 0 Å². The van der Waals surface area contributed by atoms with Gasteiger partial charge in [0.2, 0.25) is 0 Å². The van der Waals surface area contributed by atoms with Gasteiger partial charge in [-0.05, 0) is 54.8 Å². The van der Waals surface area contributed by atoms with Gasteiger partial charge in [-0.1, -0.05) is 18.2 Å². The van der Waals surface area contributed by atoms with Crippen molar-refractivity contribution in [3.63, 3.8) is 0 Å². The van der Waals surface area contributed by atoms with Crippen molar-refractivity contribution < 1.29 is 4.79 Å². The highest BCUT2D eigenvalue weighted by Gasteiger charge is 2.26. The van der Waals surface area contributed by atoms with E-state index in [9.17, 15) is 15.3 Å². The molecule has 0 N–H and O–H groups in total. The van der Waals surface area contributed by atoms with Crippen LogP contribution in [-0.4, -0.2) is 78.3 Å². The molecule has 1 aromatic heterocycles. The van der Waals surface area contributed by atoms with Crippen LogP contribution in [0.3, 0.4) is 0 Å². The number of carbonyl (C=O) groups excluding carboxylic acids is 1. The molecular formula is C30H32N8O. The molecule has 2 saturated heterocycles. The van der Waals surface area contributed by atoms with Gasteiger partial charge >= 0.3 is 0 Å². The second-order valence-electron chi connectivity index (χ2n) is 10.1. The van der Waals surface area contributed by atoms with E-state index in [1.807, 2.05) is 41.0 Å². The Balaban J connectivity index is 1.23. The molecule has 0 radical (unpaired) electrons. The van der Waals surface area contributed by atoms with Crippen molar-refractivity contribution in [3.05, 3.63) is 82.0 Å². The number of rotatable bonds is 5. The number of amides is 1. The van der Waals surface area contributed by atoms with Gasteiger partial charge in [0.15, 0.2) is 5.82 Å². The third kappa shape index (κ3) is 5.55. The van der Waals surface area contributed by atoms with Crippen molar-refractivity contribution in [2.24, 2.45) is 0 Å². The van der Waals surface area contributed by atoms with Crippen molar-refractivity contribution in [1.82, 2.24) is 20.0 Å². The van der Waals surface area contributed by atoms with Gasteiger partial charge in [0, 0.05) is 64.5 Å². The highest BCUT2D eigenvalue weighted by atomic mass is 16.2. The fraction of sp³-hybridized carbons (Fsp3) is 0.367. The average molecular weight is 521 g/mol. The van der Waals surface area contributed by atoms with E-state index < -0.39 is 0 Å². The SMILES string of the molecule is Cc1cc(C)c(C(=O)N2CCN(c3nnccc3C#N)CC2)cc1CN1CCN(c2ccccc2C#N)CC1. The fourth-order valence-electron chi connectivity index (χ4n) is 5.47. The third-order valence-corrected chi connectivity index (χ3v) is 7.73. The summed E-state index contributed by atoms with van der Waals surface area (Å²) in [7, 11) is 0. The summed E-state index contributed by atoms with van der Waals surface area (Å²) in [6.07, 6.45) is 1.52. The zero-order chi connectivity index (χ0) is 27.4. The van der Waals surface area contributed by atoms with Crippen LogP contribution in [0.4, 0.5) is 11.5 Å². The molecule has 0 unspecified atom stereocenters. The first-order valence-electron chi connectivity index (χ1n) is 13.3. The Morgan fingerprint density at radius 3 is 2.26 bits per heavy atom. The first kappa shape index (κ1) is 26.1. The number of aryl methyl sites for hydroxylation is 2. The lowest BCUT2D eigenvalue weighted by molar-refractivity contribution is 0.0745. The Labute approximate surface area is 229 Å². The summed E-state index contributed by atoms with van der Waals surface area (Å²) < 4.78 is 0. The molecule has 2 aliphatic heterocycles. The summed E-state index contributed by atoms with van der Waals surface area (Å²) in [4.78, 5) is 22.2. The molecule has 3 aromatic rings. The molecule has 0 spiro atoms. The van der Waals surface area contributed by atoms with Crippen LogP contribution in [0.15, 0.2) is 48.7 Å². The average Bonchev–Trinajstić information content (AvgIpc) is 2.98. The van der Waals surface area contributed by atoms with Crippen LogP contribution >= 0.6 is 0 Å². The van der Waals surface area contributed by atoms with Crippen LogP contribution in [0.1, 0.15) is 38.2 Å². The van der Waals surface area contributed by atoms with Crippen LogP contribution in [0, 0.1) is 36.5 Å². The van der Waals surface area contributed by atoms with Gasteiger partial charge in [-0.15, -0.1) is 5.10 Å². The zero-order valence-corrected chi connectivity index (χ0v) is 22.5. The molecule has 0 saturated carbocycles. The molecule has 0 atom stereocenters. The maximum atomic E-state index is 13.6. The smallest absolute Gasteiger partial charge is 0.254 e. The molecular weight excluding hydrogens is 488 g/mol. The lowest BCUT2D eigenvalue weighted by atomic mass is 9.98. The monoisotopic (exact) mass is 520 g/mol. The molecule has 9 heteroatoms. The Kier molecular flexibility index (Phi) is 7.72. The summed E-state index contributed by atoms with van der Waals surface area (Å²) in [6, 6.07) is 18.1. The molecule has 0 aliphatic carbocycles. The fourth-order valence-corrected chi connectivity index (χ4v) is 5.47. The number of nitriles is 2. The Morgan fingerprint density at radius 1 is 0.846 bits per heavy atom. The molecule has 2 fully saturated rings. The highest BCUT2D eigenvalue weighted by molar-refractivity contribution is 5.96. The minimum Gasteiger partial charge on any atom is -0.368 e. The second kappa shape index (κ2) is 11.5. The molecule has 0 bridgehead atoms. The number of benzene rings is 2. The van der Waals surface area contributed by atoms with E-state index in [1.165, 1.54) is 17.3 Å². The predicted molar refractivity (Wildman–Crippen MR) is 149 cm³/mol. The van der Waals surface area contributed by atoms with Crippen LogP contribution in [0.5, 0.6) is 0 Å². The number of nitrogens with zero attached hydrogens (tertiary/aromatic N) is 8. The zero-order valence-electron chi connectivity index (χ0n) is 22.5. The van der Waals surface area contributed by atoms with Gasteiger partial charge in [-0.25, -0.2) is 0 Å². The normalized spacial score (nSPS) is 16.1. The Hall–Kier alpha value is -4.47. The van der Waals surface area contributed by atoms with Gasteiger partial charge in [0.25, 0.3) is 5.91 Å². The van der Waals surface area contributed by atoms with Crippen molar-refractivity contribution >= 4 is 17.4 Å². The van der Waals surface area contributed by atoms with E-state index in [2.05, 4.69) is 51.2 Å². The van der Waals surface area contributed by atoms with Crippen molar-refractivity contribution in [1.29, 1.82) is 10.5 Å². The third-order valence-electron chi connectivity index (χ3n) is 7.73. The van der Waals surface area contributed by atoms with Gasteiger partial charge < -0.3 is 14.7 Å². The number of piperazine rings is 2. The number of aromatic nitrogens is 2. The molecule has 5 rings (SSSR count). The van der Waals surface area contributed by atoms with E-state index in [-0.39, 0.29) is 5.91 Å². The molecule has 1 amide bonds. The first-order chi connectivity index (χ1) is 19.0. The lowest BCUT2D eigenvalue weighted by Crippen LogP contribution is -2.49. The summed E-state index contributed by atoms with van der Waals surface area (Å²) in [6.45, 7) is 10.8. The summed E-state index contributed by atoms with van der Waals surface area (Å²) in [5, 5.41) is 26.9. The minimum atomic E-state index is 0.0472. The van der Waals surface area contributed by atoms with E-state index in [0.717, 1.165) is 49.5 Å². The minimum absolute atomic E-state index is 0.0472. The van der Waals surface area contributed by atoms with Gasteiger partial charge in [-0.2, -0.15) is 15.6 Å². The largest absolute Gasteiger partial charge is 0.368 e. The second-order valence-corrected chi connectivity index (χ2v) is 10.1. The van der Waals surface area contributed by atoms with Crippen LogP contribution in [-0.2, 0) is 6.54 Å². The van der Waals surface area contributed by atoms with Gasteiger partial charge in [0.1, 0.15) is 12.1 Å². The number of para-hydroxylation sites is 1. The standard InChI is InChI=1S/C30H32N8O/c1-22-17-23(2)27(30(39)38-15-13-37(14-16-38)29-25(20-32)7-8-33-34-29)18-26(22)21-35-9-11-36(12-10-35)28-6-4-3-5-24(28)19-31/h3-8,17-18H,9-16,21H2,1-2H3. The molecule has 39 heavy (non-hydrogen) atoms. The van der Waals surface area contributed by atoms with Crippen LogP contribution < -0.4 is 9.80 Å². The van der Waals surface area contributed by atoms with Crippen LogP contribution in [0.2, 0.25) is 0 Å². The van der Waals surface area contributed by atoms with E-state index in [1.54, 1.807) is 6.07 Å². The lowest BCUT2D eigenvalue weighted by Gasteiger charge is -2.37. The number of hydrogen-bond acceptors (Lipinski definition) is 8. The number of anilines is 2. The summed E-state index contributed by atoms with van der Waals surface area (Å²) in [5.41, 5.74) is 6.32. The Bertz CT molecular complexity index is 1440. The molecule has 2 aromatic carbocycles. The van der Waals surface area contributed by atoms with E-state index in [4.69, 9.17) is 0 Å². The van der Waals surface area contributed by atoms with Crippen molar-refractivity contribution in [2.45, 2.75) is 20.4 Å². The van der Waals surface area contributed by atoms with Gasteiger partial charge in [0.05, 0.1) is 23.0 Å². The highest BCUT2D eigenvalue weighted by Crippen LogP contribution is 2.24. The molecule has 198 valence electrons. The topological polar surface area (TPSA) is 103 Å². The van der Waals surface area contributed by atoms with E-state index in [0.29, 0.717) is 43.1 Å². The quantitative estimate of drug-likeness (QED) is 0.506. The van der Waals surface area contributed by atoms with E-state index >= 15 is 0 Å².